The maximum atomic E-state index is 13.6. The maximum absolute atomic E-state index is 13.6. The summed E-state index contributed by atoms with van der Waals surface area (Å²) in [6.45, 7) is 8.81. The molecule has 3 aromatic rings. The number of aryl methyl sites for hydroxylation is 1. The first kappa shape index (κ1) is 29.8. The van der Waals surface area contributed by atoms with Crippen molar-refractivity contribution < 1.29 is 22.2 Å². The fraction of sp³-hybridized carbons (Fsp3) is 0.357. The molecule has 0 fully saturated rings. The minimum absolute atomic E-state index is 0.0384. The third-order valence-corrected chi connectivity index (χ3v) is 9.45. The third-order valence-electron chi connectivity index (χ3n) is 6.12. The van der Waals surface area contributed by atoms with Gasteiger partial charge >= 0.3 is 0 Å². The second-order valence-electron chi connectivity index (χ2n) is 10.2. The van der Waals surface area contributed by atoms with Gasteiger partial charge in [-0.2, -0.15) is 0 Å². The van der Waals surface area contributed by atoms with Crippen molar-refractivity contribution in [2.75, 3.05) is 5.75 Å². The Hall–Kier alpha value is -2.79. The van der Waals surface area contributed by atoms with Crippen LogP contribution in [-0.4, -0.2) is 33.8 Å². The van der Waals surface area contributed by atoms with Crippen LogP contribution in [0.15, 0.2) is 59.5 Å². The highest BCUT2D eigenvalue weighted by Crippen LogP contribution is 2.33. The minimum Gasteiger partial charge on any atom is -0.598 e. The van der Waals surface area contributed by atoms with Gasteiger partial charge in [0, 0.05) is 53.1 Å². The number of aromatic nitrogens is 1. The van der Waals surface area contributed by atoms with E-state index in [-0.39, 0.29) is 34.0 Å². The van der Waals surface area contributed by atoms with Crippen molar-refractivity contribution >= 4 is 27.0 Å². The van der Waals surface area contributed by atoms with Gasteiger partial charge < -0.3 is 9.12 Å². The van der Waals surface area contributed by atoms with E-state index in [9.17, 15) is 27.0 Å². The molecule has 0 radical (unpaired) electrons. The van der Waals surface area contributed by atoms with Crippen LogP contribution in [0.5, 0.6) is 0 Å². The molecule has 204 valence electrons. The van der Waals surface area contributed by atoms with Crippen molar-refractivity contribution in [1.29, 1.82) is 0 Å². The molecule has 2 atom stereocenters. The number of benzene rings is 2. The zero-order valence-electron chi connectivity index (χ0n) is 22.4. The number of hydrogen-bond acceptors (Lipinski definition) is 6. The molecule has 7 nitrogen and oxygen atoms in total. The van der Waals surface area contributed by atoms with Crippen LogP contribution in [0, 0.1) is 5.82 Å². The summed E-state index contributed by atoms with van der Waals surface area (Å²) in [4.78, 5) is 26.2. The number of carbonyl (C=O) groups excluding carboxylic acids is 1. The summed E-state index contributed by atoms with van der Waals surface area (Å²) in [6, 6.07) is 10.8. The quantitative estimate of drug-likeness (QED) is 0.306. The van der Waals surface area contributed by atoms with Gasteiger partial charge in [0.25, 0.3) is 5.56 Å². The van der Waals surface area contributed by atoms with Crippen molar-refractivity contribution in [3.05, 3.63) is 93.2 Å². The summed E-state index contributed by atoms with van der Waals surface area (Å²) >= 11 is -1.45. The summed E-state index contributed by atoms with van der Waals surface area (Å²) in [5.41, 5.74) is 2.15. The fourth-order valence-corrected chi connectivity index (χ4v) is 5.54. The Labute approximate surface area is 226 Å². The molecule has 0 aliphatic rings. The molecule has 0 saturated heterocycles. The molecule has 38 heavy (non-hydrogen) atoms. The van der Waals surface area contributed by atoms with Crippen molar-refractivity contribution in [2.45, 2.75) is 51.2 Å². The zero-order valence-corrected chi connectivity index (χ0v) is 24.0. The Kier molecular flexibility index (Phi) is 9.03. The lowest BCUT2D eigenvalue weighted by atomic mass is 9.89. The lowest BCUT2D eigenvalue weighted by Crippen LogP contribution is -2.41. The minimum atomic E-state index is -3.37. The smallest absolute Gasteiger partial charge is 0.250 e. The van der Waals surface area contributed by atoms with Crippen molar-refractivity contribution in [3.8, 4) is 11.1 Å². The van der Waals surface area contributed by atoms with Gasteiger partial charge in [0.15, 0.2) is 15.6 Å². The summed E-state index contributed by atoms with van der Waals surface area (Å²) in [6.07, 6.45) is 1.59. The van der Waals surface area contributed by atoms with Crippen molar-refractivity contribution in [2.24, 2.45) is 7.05 Å². The molecule has 0 bridgehead atoms. The molecule has 3 rings (SSSR count). The maximum Gasteiger partial charge on any atom is 0.250 e. The van der Waals surface area contributed by atoms with Crippen LogP contribution >= 0.6 is 0 Å². The van der Waals surface area contributed by atoms with Gasteiger partial charge in [-0.05, 0) is 74.7 Å². The van der Waals surface area contributed by atoms with Crippen LogP contribution in [0.3, 0.4) is 0 Å². The third kappa shape index (κ3) is 6.99. The number of nitrogens with zero attached hydrogens (tertiary/aromatic N) is 1. The molecule has 2 aromatic carbocycles. The highest BCUT2D eigenvalue weighted by atomic mass is 32.2. The lowest BCUT2D eigenvalue weighted by molar-refractivity contribution is 0.103. The number of hydrogen-bond donors (Lipinski definition) is 1. The van der Waals surface area contributed by atoms with Gasteiger partial charge in [0.2, 0.25) is 0 Å². The summed E-state index contributed by atoms with van der Waals surface area (Å²) in [5.74, 6) is -1.12. The van der Waals surface area contributed by atoms with E-state index in [1.54, 1.807) is 45.3 Å². The molecule has 0 aliphatic carbocycles. The number of rotatable bonds is 9. The van der Waals surface area contributed by atoms with Crippen LogP contribution in [0.4, 0.5) is 4.39 Å². The molecule has 1 heterocycles. The highest BCUT2D eigenvalue weighted by molar-refractivity contribution is 7.91. The van der Waals surface area contributed by atoms with E-state index in [4.69, 9.17) is 0 Å². The SMILES string of the molecule is CCS(=O)(=O)Cc1ccc(C(=O)c2ccc(F)cc2)c(-c2cn(C)c(=O)cc2[C@@H](C)N[S+]([O-])C(C)(C)C)c1. The van der Waals surface area contributed by atoms with Gasteiger partial charge in [0.1, 0.15) is 10.6 Å². The van der Waals surface area contributed by atoms with Crippen LogP contribution in [0.2, 0.25) is 0 Å². The fourth-order valence-electron chi connectivity index (χ4n) is 3.84. The predicted molar refractivity (Wildman–Crippen MR) is 150 cm³/mol. The second-order valence-corrected chi connectivity index (χ2v) is 14.6. The van der Waals surface area contributed by atoms with E-state index in [2.05, 4.69) is 4.72 Å². The van der Waals surface area contributed by atoms with Crippen LogP contribution < -0.4 is 10.3 Å². The lowest BCUT2D eigenvalue weighted by Gasteiger charge is -2.27. The van der Waals surface area contributed by atoms with E-state index in [1.807, 2.05) is 20.8 Å². The van der Waals surface area contributed by atoms with E-state index < -0.39 is 37.8 Å². The average Bonchev–Trinajstić information content (AvgIpc) is 2.84. The van der Waals surface area contributed by atoms with Gasteiger partial charge in [-0.15, -0.1) is 4.72 Å². The first-order chi connectivity index (χ1) is 17.6. The summed E-state index contributed by atoms with van der Waals surface area (Å²) < 4.78 is 55.0. The number of pyridine rings is 1. The van der Waals surface area contributed by atoms with Gasteiger partial charge in [-0.3, -0.25) is 9.59 Å². The number of nitrogens with one attached hydrogen (secondary N) is 1. The standard InChI is InChI=1S/C28H33FN2O5S2/c1-7-38(35,36)17-19-8-13-22(27(33)20-9-11-21(29)12-10-20)24(14-19)25-16-31(6)26(32)15-23(25)18(2)30-37(34)28(3,4)5/h8-16,18,30H,7,17H2,1-6H3/t18-,37?/m1/s1. The number of halogens is 1. The van der Waals surface area contributed by atoms with E-state index in [0.717, 1.165) is 0 Å². The molecule has 10 heteroatoms. The van der Waals surface area contributed by atoms with E-state index >= 15 is 0 Å². The molecule has 0 amide bonds. The average molecular weight is 561 g/mol. The Morgan fingerprint density at radius 3 is 2.32 bits per heavy atom. The molecular formula is C28H33FN2O5S2. The molecule has 0 saturated carbocycles. The summed E-state index contributed by atoms with van der Waals surface area (Å²) in [7, 11) is -1.79. The molecule has 1 unspecified atom stereocenters. The van der Waals surface area contributed by atoms with Crippen LogP contribution in [-0.2, 0) is 34.0 Å². The van der Waals surface area contributed by atoms with E-state index in [1.165, 1.54) is 34.9 Å². The molecule has 0 spiro atoms. The monoisotopic (exact) mass is 560 g/mol. The predicted octanol–water partition coefficient (Wildman–Crippen LogP) is 4.47. The van der Waals surface area contributed by atoms with Crippen LogP contribution in [0.1, 0.15) is 67.7 Å². The molecular weight excluding hydrogens is 527 g/mol. The molecule has 1 aromatic heterocycles. The topological polar surface area (TPSA) is 108 Å². The number of ketones is 1. The normalized spacial score (nSPS) is 13.8. The number of carbonyl (C=O) groups is 1. The van der Waals surface area contributed by atoms with Gasteiger partial charge in [-0.1, -0.05) is 19.1 Å². The Morgan fingerprint density at radius 1 is 1.11 bits per heavy atom. The number of sulfone groups is 1. The first-order valence-corrected chi connectivity index (χ1v) is 15.1. The largest absolute Gasteiger partial charge is 0.598 e. The molecule has 0 aliphatic heterocycles. The Bertz CT molecular complexity index is 1490. The van der Waals surface area contributed by atoms with E-state index in [0.29, 0.717) is 22.3 Å². The van der Waals surface area contributed by atoms with Gasteiger partial charge in [-0.25, -0.2) is 12.8 Å². The first-order valence-electron chi connectivity index (χ1n) is 12.2. The van der Waals surface area contributed by atoms with Gasteiger partial charge in [0.05, 0.1) is 11.8 Å². The summed E-state index contributed by atoms with van der Waals surface area (Å²) in [5, 5.41) is 0. The molecule has 1 N–H and O–H groups in total. The van der Waals surface area contributed by atoms with Crippen molar-refractivity contribution in [1.82, 2.24) is 9.29 Å². The van der Waals surface area contributed by atoms with Crippen LogP contribution in [0.25, 0.3) is 11.1 Å². The zero-order chi connectivity index (χ0) is 28.4. The van der Waals surface area contributed by atoms with Crippen molar-refractivity contribution in [3.63, 3.8) is 0 Å². The highest BCUT2D eigenvalue weighted by Gasteiger charge is 2.30. The Morgan fingerprint density at radius 2 is 1.74 bits per heavy atom. The Balaban J connectivity index is 2.26. The second kappa shape index (κ2) is 11.5.